The van der Waals surface area contributed by atoms with Gasteiger partial charge in [0.05, 0.1) is 18.4 Å². The first-order valence-corrected chi connectivity index (χ1v) is 7.69. The zero-order chi connectivity index (χ0) is 14.7. The molecule has 0 unspecified atom stereocenters. The minimum absolute atomic E-state index is 0.613. The third-order valence-corrected chi connectivity index (χ3v) is 3.83. The highest BCUT2D eigenvalue weighted by Crippen LogP contribution is 2.22. The Hall–Kier alpha value is -1.81. The zero-order valence-corrected chi connectivity index (χ0v) is 12.8. The summed E-state index contributed by atoms with van der Waals surface area (Å²) in [6.07, 6.45) is 2.93. The highest BCUT2D eigenvalue weighted by atomic mass is 16.5. The van der Waals surface area contributed by atoms with Gasteiger partial charge in [0.15, 0.2) is 5.75 Å². The molecule has 3 rings (SSSR count). The number of rotatable bonds is 5. The molecule has 1 aromatic heterocycles. The summed E-state index contributed by atoms with van der Waals surface area (Å²) in [6, 6.07) is 8.55. The Bertz CT molecular complexity index is 604. The molecule has 0 atom stereocenters. The van der Waals surface area contributed by atoms with Crippen LogP contribution in [0.25, 0.3) is 0 Å². The first-order chi connectivity index (χ1) is 10.2. The van der Waals surface area contributed by atoms with Gasteiger partial charge in [-0.05, 0) is 23.5 Å². The number of nitrogens with zero attached hydrogens (tertiary/aromatic N) is 2. The van der Waals surface area contributed by atoms with Gasteiger partial charge in [-0.3, -0.25) is 4.68 Å². The van der Waals surface area contributed by atoms with Gasteiger partial charge in [0.2, 0.25) is 0 Å². The van der Waals surface area contributed by atoms with E-state index in [-0.39, 0.29) is 0 Å². The van der Waals surface area contributed by atoms with Gasteiger partial charge in [-0.1, -0.05) is 38.1 Å². The standard InChI is InChI=1S/C17H23N3O/c1-13(2)9-14-5-3-4-6-15(14)12-21-17-11-19-20-8-7-18-10-16(17)20/h3-6,11,13,18H,7-10,12H2,1-2H3. The van der Waals surface area contributed by atoms with Gasteiger partial charge in [-0.15, -0.1) is 0 Å². The Morgan fingerprint density at radius 3 is 2.90 bits per heavy atom. The molecule has 0 radical (unpaired) electrons. The van der Waals surface area contributed by atoms with Crippen LogP contribution in [0.15, 0.2) is 30.5 Å². The van der Waals surface area contributed by atoms with E-state index in [0.29, 0.717) is 12.5 Å². The third-order valence-electron chi connectivity index (χ3n) is 3.83. The minimum atomic E-state index is 0.613. The molecule has 0 saturated heterocycles. The maximum Gasteiger partial charge on any atom is 0.162 e. The van der Waals surface area contributed by atoms with Crippen LogP contribution < -0.4 is 10.1 Å². The minimum Gasteiger partial charge on any atom is -0.485 e. The average Bonchev–Trinajstić information content (AvgIpc) is 2.89. The summed E-state index contributed by atoms with van der Waals surface area (Å²) in [6.45, 7) is 7.84. The molecular weight excluding hydrogens is 262 g/mol. The lowest BCUT2D eigenvalue weighted by atomic mass is 9.98. The maximum absolute atomic E-state index is 6.03. The molecule has 0 amide bonds. The third kappa shape index (κ3) is 3.27. The highest BCUT2D eigenvalue weighted by Gasteiger charge is 2.15. The Kier molecular flexibility index (Phi) is 4.25. The molecule has 0 saturated carbocycles. The molecule has 2 aromatic rings. The molecule has 1 aliphatic heterocycles. The summed E-state index contributed by atoms with van der Waals surface area (Å²) in [5.41, 5.74) is 3.81. The van der Waals surface area contributed by atoms with E-state index in [1.165, 1.54) is 11.1 Å². The van der Waals surface area contributed by atoms with Crippen LogP contribution in [0, 0.1) is 5.92 Å². The van der Waals surface area contributed by atoms with Crippen molar-refractivity contribution >= 4 is 0 Å². The lowest BCUT2D eigenvalue weighted by Gasteiger charge is -2.17. The van der Waals surface area contributed by atoms with Crippen molar-refractivity contribution in [1.82, 2.24) is 15.1 Å². The molecule has 1 N–H and O–H groups in total. The van der Waals surface area contributed by atoms with Gasteiger partial charge < -0.3 is 10.1 Å². The molecule has 2 heterocycles. The SMILES string of the molecule is CC(C)Cc1ccccc1COc1cnn2c1CNCC2. The summed E-state index contributed by atoms with van der Waals surface area (Å²) >= 11 is 0. The number of ether oxygens (including phenoxy) is 1. The van der Waals surface area contributed by atoms with Crippen LogP contribution in [-0.4, -0.2) is 16.3 Å². The molecule has 0 bridgehead atoms. The van der Waals surface area contributed by atoms with Crippen LogP contribution in [0.4, 0.5) is 0 Å². The summed E-state index contributed by atoms with van der Waals surface area (Å²) < 4.78 is 8.06. The quantitative estimate of drug-likeness (QED) is 0.918. The second kappa shape index (κ2) is 6.31. The van der Waals surface area contributed by atoms with Crippen LogP contribution in [0.3, 0.4) is 0 Å². The van der Waals surface area contributed by atoms with Gasteiger partial charge in [0.1, 0.15) is 6.61 Å². The molecule has 1 aliphatic rings. The van der Waals surface area contributed by atoms with E-state index in [1.807, 2.05) is 10.9 Å². The Labute approximate surface area is 126 Å². The van der Waals surface area contributed by atoms with Crippen LogP contribution in [0.1, 0.15) is 30.7 Å². The number of nitrogens with one attached hydrogen (secondary N) is 1. The number of hydrogen-bond acceptors (Lipinski definition) is 3. The lowest BCUT2D eigenvalue weighted by Crippen LogP contribution is -2.28. The molecule has 4 nitrogen and oxygen atoms in total. The van der Waals surface area contributed by atoms with Crippen LogP contribution >= 0.6 is 0 Å². The molecular formula is C17H23N3O. The summed E-state index contributed by atoms with van der Waals surface area (Å²) in [7, 11) is 0. The number of benzene rings is 1. The predicted octanol–water partition coefficient (Wildman–Crippen LogP) is 2.76. The molecule has 0 aliphatic carbocycles. The van der Waals surface area contributed by atoms with Gasteiger partial charge in [0, 0.05) is 13.1 Å². The van der Waals surface area contributed by atoms with E-state index in [4.69, 9.17) is 4.74 Å². The summed E-state index contributed by atoms with van der Waals surface area (Å²) in [5, 5.41) is 7.75. The Morgan fingerprint density at radius 2 is 2.10 bits per heavy atom. The van der Waals surface area contributed by atoms with Gasteiger partial charge in [-0.25, -0.2) is 0 Å². The van der Waals surface area contributed by atoms with E-state index >= 15 is 0 Å². The molecule has 112 valence electrons. The Morgan fingerprint density at radius 1 is 1.29 bits per heavy atom. The van der Waals surface area contributed by atoms with Crippen LogP contribution in [-0.2, 0) is 26.1 Å². The smallest absolute Gasteiger partial charge is 0.162 e. The van der Waals surface area contributed by atoms with Crippen molar-refractivity contribution in [2.45, 2.75) is 40.0 Å². The molecule has 0 fully saturated rings. The Balaban J connectivity index is 1.72. The molecule has 4 heteroatoms. The van der Waals surface area contributed by atoms with Crippen molar-refractivity contribution in [2.24, 2.45) is 5.92 Å². The van der Waals surface area contributed by atoms with Crippen molar-refractivity contribution in [3.05, 3.63) is 47.3 Å². The fourth-order valence-corrected chi connectivity index (χ4v) is 2.77. The fourth-order valence-electron chi connectivity index (χ4n) is 2.77. The average molecular weight is 285 g/mol. The summed E-state index contributed by atoms with van der Waals surface area (Å²) in [4.78, 5) is 0. The van der Waals surface area contributed by atoms with E-state index in [0.717, 1.165) is 37.5 Å². The van der Waals surface area contributed by atoms with Crippen molar-refractivity contribution in [1.29, 1.82) is 0 Å². The van der Waals surface area contributed by atoms with E-state index in [2.05, 4.69) is 48.5 Å². The van der Waals surface area contributed by atoms with E-state index in [9.17, 15) is 0 Å². The first kappa shape index (κ1) is 14.1. The van der Waals surface area contributed by atoms with Gasteiger partial charge in [-0.2, -0.15) is 5.10 Å². The molecule has 21 heavy (non-hydrogen) atoms. The molecule has 0 spiro atoms. The second-order valence-electron chi connectivity index (χ2n) is 6.01. The molecule has 1 aromatic carbocycles. The topological polar surface area (TPSA) is 39.1 Å². The van der Waals surface area contributed by atoms with Gasteiger partial charge in [0.25, 0.3) is 0 Å². The second-order valence-corrected chi connectivity index (χ2v) is 6.01. The number of fused-ring (bicyclic) bond motifs is 1. The van der Waals surface area contributed by atoms with Crippen molar-refractivity contribution in [3.8, 4) is 5.75 Å². The van der Waals surface area contributed by atoms with Crippen molar-refractivity contribution in [2.75, 3.05) is 6.54 Å². The van der Waals surface area contributed by atoms with Crippen LogP contribution in [0.2, 0.25) is 0 Å². The number of hydrogen-bond donors (Lipinski definition) is 1. The number of aromatic nitrogens is 2. The summed E-state index contributed by atoms with van der Waals surface area (Å²) in [5.74, 6) is 1.56. The van der Waals surface area contributed by atoms with E-state index in [1.54, 1.807) is 0 Å². The van der Waals surface area contributed by atoms with Crippen molar-refractivity contribution < 1.29 is 4.74 Å². The maximum atomic E-state index is 6.03. The van der Waals surface area contributed by atoms with Gasteiger partial charge >= 0.3 is 0 Å². The zero-order valence-electron chi connectivity index (χ0n) is 12.8. The van der Waals surface area contributed by atoms with Crippen molar-refractivity contribution in [3.63, 3.8) is 0 Å². The monoisotopic (exact) mass is 285 g/mol. The lowest BCUT2D eigenvalue weighted by molar-refractivity contribution is 0.297. The van der Waals surface area contributed by atoms with E-state index < -0.39 is 0 Å². The fraction of sp³-hybridized carbons (Fsp3) is 0.471. The largest absolute Gasteiger partial charge is 0.485 e. The predicted molar refractivity (Wildman–Crippen MR) is 83.2 cm³/mol. The normalized spacial score (nSPS) is 14.2. The highest BCUT2D eigenvalue weighted by molar-refractivity contribution is 5.30. The first-order valence-electron chi connectivity index (χ1n) is 7.69. The van der Waals surface area contributed by atoms with Crippen LogP contribution in [0.5, 0.6) is 5.75 Å².